The maximum absolute atomic E-state index is 11.8. The van der Waals surface area contributed by atoms with Crippen molar-refractivity contribution in [1.29, 1.82) is 0 Å². The summed E-state index contributed by atoms with van der Waals surface area (Å²) < 4.78 is 5.34. The number of rotatable bonds is 8. The van der Waals surface area contributed by atoms with Gasteiger partial charge in [-0.25, -0.2) is 4.79 Å². The standard InChI is InChI=1S/C15H28N2O4/c1-15(2,8-7-13(18)19)9-10-16-14(20)17-11-5-4-6-12(11)21-3/h11-12H,4-10H2,1-3H3,(H,18,19)(H2,16,17,20). The molecule has 0 aromatic heterocycles. The van der Waals surface area contributed by atoms with Crippen molar-refractivity contribution in [2.45, 2.75) is 64.5 Å². The van der Waals surface area contributed by atoms with Crippen LogP contribution >= 0.6 is 0 Å². The Morgan fingerprint density at radius 3 is 2.62 bits per heavy atom. The molecule has 0 saturated heterocycles. The Balaban J connectivity index is 2.22. The van der Waals surface area contributed by atoms with Gasteiger partial charge in [-0.2, -0.15) is 0 Å². The smallest absolute Gasteiger partial charge is 0.315 e. The van der Waals surface area contributed by atoms with Crippen LogP contribution in [0, 0.1) is 5.41 Å². The zero-order valence-corrected chi connectivity index (χ0v) is 13.3. The fraction of sp³-hybridized carbons (Fsp3) is 0.867. The zero-order chi connectivity index (χ0) is 15.9. The quantitative estimate of drug-likeness (QED) is 0.641. The maximum Gasteiger partial charge on any atom is 0.315 e. The molecule has 1 aliphatic carbocycles. The predicted molar refractivity (Wildman–Crippen MR) is 80.2 cm³/mol. The second-order valence-corrected chi connectivity index (χ2v) is 6.52. The van der Waals surface area contributed by atoms with Crippen LogP contribution in [-0.2, 0) is 9.53 Å². The molecule has 2 amide bonds. The van der Waals surface area contributed by atoms with Gasteiger partial charge in [0.2, 0.25) is 0 Å². The van der Waals surface area contributed by atoms with Crippen LogP contribution < -0.4 is 10.6 Å². The Kier molecular flexibility index (Phi) is 6.95. The van der Waals surface area contributed by atoms with Gasteiger partial charge >= 0.3 is 12.0 Å². The van der Waals surface area contributed by atoms with Crippen LogP contribution in [0.4, 0.5) is 4.79 Å². The van der Waals surface area contributed by atoms with Crippen molar-refractivity contribution < 1.29 is 19.4 Å². The molecule has 2 unspecified atom stereocenters. The first-order chi connectivity index (χ1) is 9.84. The molecule has 21 heavy (non-hydrogen) atoms. The summed E-state index contributed by atoms with van der Waals surface area (Å²) in [6.45, 7) is 4.59. The van der Waals surface area contributed by atoms with E-state index in [1.54, 1.807) is 7.11 Å². The first-order valence-corrected chi connectivity index (χ1v) is 7.63. The molecule has 0 aromatic rings. The molecule has 0 aliphatic heterocycles. The lowest BCUT2D eigenvalue weighted by Crippen LogP contribution is -2.46. The van der Waals surface area contributed by atoms with E-state index in [2.05, 4.69) is 10.6 Å². The van der Waals surface area contributed by atoms with E-state index >= 15 is 0 Å². The van der Waals surface area contributed by atoms with Gasteiger partial charge < -0.3 is 20.5 Å². The molecule has 0 aromatic carbocycles. The molecular weight excluding hydrogens is 272 g/mol. The molecule has 1 aliphatic rings. The number of carboxylic acids is 1. The number of carboxylic acid groups (broad SMARTS) is 1. The number of ether oxygens (including phenoxy) is 1. The van der Waals surface area contributed by atoms with Gasteiger partial charge in [0.05, 0.1) is 12.1 Å². The lowest BCUT2D eigenvalue weighted by Gasteiger charge is -2.24. The van der Waals surface area contributed by atoms with Crippen molar-refractivity contribution in [2.24, 2.45) is 5.41 Å². The number of hydrogen-bond acceptors (Lipinski definition) is 3. The molecule has 0 bridgehead atoms. The molecule has 122 valence electrons. The van der Waals surface area contributed by atoms with Crippen LogP contribution in [0.3, 0.4) is 0 Å². The zero-order valence-electron chi connectivity index (χ0n) is 13.3. The minimum absolute atomic E-state index is 0.0892. The van der Waals surface area contributed by atoms with Gasteiger partial charge in [0.25, 0.3) is 0 Å². The monoisotopic (exact) mass is 300 g/mol. The van der Waals surface area contributed by atoms with Gasteiger partial charge in [-0.1, -0.05) is 13.8 Å². The molecule has 1 fully saturated rings. The third-order valence-electron chi connectivity index (χ3n) is 4.17. The number of urea groups is 1. The van der Waals surface area contributed by atoms with Crippen molar-refractivity contribution in [3.05, 3.63) is 0 Å². The van der Waals surface area contributed by atoms with E-state index in [0.717, 1.165) is 25.7 Å². The highest BCUT2D eigenvalue weighted by Gasteiger charge is 2.28. The summed E-state index contributed by atoms with van der Waals surface area (Å²) in [6.07, 6.45) is 4.66. The molecule has 3 N–H and O–H groups in total. The lowest BCUT2D eigenvalue weighted by atomic mass is 9.84. The first-order valence-electron chi connectivity index (χ1n) is 7.63. The second-order valence-electron chi connectivity index (χ2n) is 6.52. The van der Waals surface area contributed by atoms with E-state index in [1.807, 2.05) is 13.8 Å². The Morgan fingerprint density at radius 2 is 2.00 bits per heavy atom. The number of methoxy groups -OCH3 is 1. The molecular formula is C15H28N2O4. The Morgan fingerprint density at radius 1 is 1.29 bits per heavy atom. The van der Waals surface area contributed by atoms with Crippen LogP contribution in [-0.4, -0.2) is 42.9 Å². The van der Waals surface area contributed by atoms with Crippen molar-refractivity contribution in [3.8, 4) is 0 Å². The van der Waals surface area contributed by atoms with Crippen LogP contribution in [0.15, 0.2) is 0 Å². The largest absolute Gasteiger partial charge is 0.481 e. The SMILES string of the molecule is COC1CCCC1NC(=O)NCCC(C)(C)CCC(=O)O. The molecule has 1 saturated carbocycles. The Labute approximate surface area is 126 Å². The highest BCUT2D eigenvalue weighted by atomic mass is 16.5. The van der Waals surface area contributed by atoms with Crippen LogP contribution in [0.25, 0.3) is 0 Å². The van der Waals surface area contributed by atoms with Gasteiger partial charge in [-0.05, 0) is 37.5 Å². The van der Waals surface area contributed by atoms with E-state index in [4.69, 9.17) is 9.84 Å². The van der Waals surface area contributed by atoms with Crippen molar-refractivity contribution in [1.82, 2.24) is 10.6 Å². The third kappa shape index (κ3) is 6.80. The molecule has 0 heterocycles. The minimum Gasteiger partial charge on any atom is -0.481 e. The predicted octanol–water partition coefficient (Wildman–Crippen LogP) is 2.13. The normalized spacial score (nSPS) is 22.0. The average molecular weight is 300 g/mol. The summed E-state index contributed by atoms with van der Waals surface area (Å²) in [7, 11) is 1.67. The highest BCUT2D eigenvalue weighted by molar-refractivity contribution is 5.74. The van der Waals surface area contributed by atoms with Crippen molar-refractivity contribution >= 4 is 12.0 Å². The summed E-state index contributed by atoms with van der Waals surface area (Å²) >= 11 is 0. The van der Waals surface area contributed by atoms with Gasteiger partial charge in [0.1, 0.15) is 0 Å². The molecule has 6 nitrogen and oxygen atoms in total. The van der Waals surface area contributed by atoms with Crippen molar-refractivity contribution in [3.63, 3.8) is 0 Å². The molecule has 6 heteroatoms. The number of amides is 2. The van der Waals surface area contributed by atoms with Gasteiger partial charge in [0, 0.05) is 20.1 Å². The van der Waals surface area contributed by atoms with Gasteiger partial charge in [-0.15, -0.1) is 0 Å². The van der Waals surface area contributed by atoms with Crippen LogP contribution in [0.2, 0.25) is 0 Å². The Hall–Kier alpha value is -1.30. The van der Waals surface area contributed by atoms with Crippen LogP contribution in [0.5, 0.6) is 0 Å². The molecule has 0 spiro atoms. The van der Waals surface area contributed by atoms with Crippen LogP contribution in [0.1, 0.15) is 52.4 Å². The minimum atomic E-state index is -0.777. The van der Waals surface area contributed by atoms with Gasteiger partial charge in [0.15, 0.2) is 0 Å². The summed E-state index contributed by atoms with van der Waals surface area (Å²) in [5.41, 5.74) is -0.0892. The number of carbonyl (C=O) groups is 2. The van der Waals surface area contributed by atoms with Crippen molar-refractivity contribution in [2.75, 3.05) is 13.7 Å². The Bertz CT molecular complexity index is 358. The van der Waals surface area contributed by atoms with Gasteiger partial charge in [-0.3, -0.25) is 4.79 Å². The lowest BCUT2D eigenvalue weighted by molar-refractivity contribution is -0.137. The van der Waals surface area contributed by atoms with E-state index in [1.165, 1.54) is 0 Å². The number of hydrogen-bond donors (Lipinski definition) is 3. The molecule has 0 radical (unpaired) electrons. The highest BCUT2D eigenvalue weighted by Crippen LogP contribution is 2.26. The third-order valence-corrected chi connectivity index (χ3v) is 4.17. The second kappa shape index (κ2) is 8.22. The van der Waals surface area contributed by atoms with E-state index in [9.17, 15) is 9.59 Å². The van der Waals surface area contributed by atoms with E-state index in [0.29, 0.717) is 13.0 Å². The number of aliphatic carboxylic acids is 1. The topological polar surface area (TPSA) is 87.7 Å². The summed E-state index contributed by atoms with van der Waals surface area (Å²) in [6, 6.07) is -0.0759. The summed E-state index contributed by atoms with van der Waals surface area (Å²) in [5, 5.41) is 14.5. The fourth-order valence-corrected chi connectivity index (χ4v) is 2.68. The molecule has 1 rings (SSSR count). The summed E-state index contributed by atoms with van der Waals surface area (Å²) in [4.78, 5) is 22.4. The summed E-state index contributed by atoms with van der Waals surface area (Å²) in [5.74, 6) is -0.777. The van der Waals surface area contributed by atoms with E-state index in [-0.39, 0.29) is 30.0 Å². The van der Waals surface area contributed by atoms with E-state index < -0.39 is 5.97 Å². The fourth-order valence-electron chi connectivity index (χ4n) is 2.68. The molecule has 2 atom stereocenters. The first kappa shape index (κ1) is 17.8. The number of nitrogens with one attached hydrogen (secondary N) is 2. The number of carbonyl (C=O) groups excluding carboxylic acids is 1. The average Bonchev–Trinajstić information content (AvgIpc) is 2.83. The maximum atomic E-state index is 11.8.